The number of hydrogen-bond acceptors (Lipinski definition) is 0. The molecule has 0 N–H and O–H groups in total. The molecule has 0 aliphatic carbocycles. The molecule has 0 nitrogen and oxygen atoms in total. The van der Waals surface area contributed by atoms with Crippen molar-refractivity contribution in [3.05, 3.63) is 186 Å². The van der Waals surface area contributed by atoms with Crippen molar-refractivity contribution in [2.75, 3.05) is 0 Å². The quantitative estimate of drug-likeness (QED) is 0.129. The van der Waals surface area contributed by atoms with E-state index in [0.29, 0.717) is 0 Å². The van der Waals surface area contributed by atoms with Gasteiger partial charge in [0.1, 0.15) is 0 Å². The molecule has 0 unspecified atom stereocenters. The first kappa shape index (κ1) is 40.2. The Morgan fingerprint density at radius 1 is 0.417 bits per heavy atom. The Labute approximate surface area is 303 Å². The van der Waals surface area contributed by atoms with Crippen molar-refractivity contribution < 1.29 is 19.2 Å². The van der Waals surface area contributed by atoms with Gasteiger partial charge in [-0.2, -0.15) is 12.1 Å². The first-order valence-electron chi connectivity index (χ1n) is 15.3. The van der Waals surface area contributed by atoms with Crippen LogP contribution in [0.3, 0.4) is 0 Å². The number of rotatable bonds is 4. The van der Waals surface area contributed by atoms with Crippen LogP contribution in [0.2, 0.25) is 0 Å². The van der Waals surface area contributed by atoms with Gasteiger partial charge in [-0.25, -0.2) is 0 Å². The van der Waals surface area contributed by atoms with Crippen LogP contribution in [0.5, 0.6) is 0 Å². The zero-order valence-corrected chi connectivity index (χ0v) is 31.8. The second-order valence-corrected chi connectivity index (χ2v) is 11.1. The fourth-order valence-electron chi connectivity index (χ4n) is 6.39. The van der Waals surface area contributed by atoms with Gasteiger partial charge in [0.15, 0.2) is 0 Å². The topological polar surface area (TPSA) is 0 Å². The zero-order valence-electron chi connectivity index (χ0n) is 29.3. The SMILES string of the molecule is CCc1cc2c(-c3cccc4ccccc34)cccc2[cH-]1.CCc1cc2c(-c3cccc4ccccc34)cccc2[cH-]1.[CH3-].[CH3-].[CH3-].[CH3-].[Si]=[Ti]. The Hall–Kier alpha value is -4.01. The van der Waals surface area contributed by atoms with Crippen LogP contribution in [-0.4, -0.2) is 7.63 Å². The van der Waals surface area contributed by atoms with E-state index in [1.807, 2.05) is 0 Å². The van der Waals surface area contributed by atoms with Crippen molar-refractivity contribution in [2.24, 2.45) is 0 Å². The maximum absolute atomic E-state index is 2.97. The molecule has 244 valence electrons. The summed E-state index contributed by atoms with van der Waals surface area (Å²) >= 11 is 1.81. The molecule has 0 amide bonds. The van der Waals surface area contributed by atoms with Crippen molar-refractivity contribution >= 4 is 50.7 Å². The van der Waals surface area contributed by atoms with Gasteiger partial charge in [0, 0.05) is 0 Å². The van der Waals surface area contributed by atoms with Crippen molar-refractivity contribution in [1.82, 2.24) is 0 Å². The molecular formula is C46H46SiTi-6. The molecule has 0 spiro atoms. The Kier molecular flexibility index (Phi) is 15.5. The van der Waals surface area contributed by atoms with Crippen LogP contribution in [0, 0.1) is 29.7 Å². The number of aryl methyl sites for hydroxylation is 2. The summed E-state index contributed by atoms with van der Waals surface area (Å²) in [5.74, 6) is 0. The van der Waals surface area contributed by atoms with Gasteiger partial charge in [0.05, 0.1) is 0 Å². The molecule has 0 aliphatic rings. The van der Waals surface area contributed by atoms with Gasteiger partial charge in [-0.05, 0) is 45.5 Å². The Bertz CT molecular complexity index is 2030. The van der Waals surface area contributed by atoms with E-state index in [-0.39, 0.29) is 29.7 Å². The summed E-state index contributed by atoms with van der Waals surface area (Å²) in [6.45, 7) is 4.43. The monoisotopic (exact) mass is 674 g/mol. The minimum atomic E-state index is 0. The van der Waals surface area contributed by atoms with E-state index >= 15 is 0 Å². The third kappa shape index (κ3) is 7.99. The third-order valence-corrected chi connectivity index (χ3v) is 8.60. The Balaban J connectivity index is 0.000000294. The second kappa shape index (κ2) is 18.5. The van der Waals surface area contributed by atoms with Crippen molar-refractivity contribution in [3.8, 4) is 22.3 Å². The summed E-state index contributed by atoms with van der Waals surface area (Å²) in [5, 5.41) is 10.7. The Morgan fingerprint density at radius 2 is 0.729 bits per heavy atom. The van der Waals surface area contributed by atoms with Crippen LogP contribution < -0.4 is 0 Å². The van der Waals surface area contributed by atoms with Crippen molar-refractivity contribution in [3.63, 3.8) is 0 Å². The molecule has 0 fully saturated rings. The molecule has 8 aromatic carbocycles. The fourth-order valence-corrected chi connectivity index (χ4v) is 6.39. The normalized spacial score (nSPS) is 9.94. The van der Waals surface area contributed by atoms with Gasteiger partial charge in [0.2, 0.25) is 0 Å². The summed E-state index contributed by atoms with van der Waals surface area (Å²) in [5.41, 5.74) is 8.15. The molecule has 48 heavy (non-hydrogen) atoms. The molecule has 0 heterocycles. The number of benzene rings is 6. The molecule has 0 atom stereocenters. The van der Waals surface area contributed by atoms with E-state index in [9.17, 15) is 0 Å². The van der Waals surface area contributed by atoms with Gasteiger partial charge in [-0.15, -0.1) is 69.1 Å². The van der Waals surface area contributed by atoms with Crippen molar-refractivity contribution in [1.29, 1.82) is 0 Å². The van der Waals surface area contributed by atoms with Crippen LogP contribution in [0.15, 0.2) is 146 Å². The molecule has 0 bridgehead atoms. The predicted molar refractivity (Wildman–Crippen MR) is 215 cm³/mol. The average Bonchev–Trinajstić information content (AvgIpc) is 3.73. The molecule has 0 aliphatic heterocycles. The Morgan fingerprint density at radius 3 is 1.10 bits per heavy atom. The molecule has 2 radical (unpaired) electrons. The van der Waals surface area contributed by atoms with E-state index in [2.05, 4.69) is 167 Å². The fraction of sp³-hybridized carbons (Fsp3) is 0.0870. The van der Waals surface area contributed by atoms with Crippen LogP contribution in [0.25, 0.3) is 65.3 Å². The molecule has 8 aromatic rings. The first-order chi connectivity index (χ1) is 21.7. The maximum atomic E-state index is 2.97. The molecule has 0 saturated carbocycles. The summed E-state index contributed by atoms with van der Waals surface area (Å²) < 4.78 is 0. The van der Waals surface area contributed by atoms with Crippen LogP contribution in [-0.2, 0) is 32.0 Å². The number of fused-ring (bicyclic) bond motifs is 4. The van der Waals surface area contributed by atoms with Gasteiger partial charge in [-0.1, -0.05) is 122 Å². The van der Waals surface area contributed by atoms with Gasteiger partial charge >= 0.3 is 26.8 Å². The summed E-state index contributed by atoms with van der Waals surface area (Å²) in [6.07, 6.45) is 2.17. The van der Waals surface area contributed by atoms with Crippen LogP contribution in [0.1, 0.15) is 25.0 Å². The van der Waals surface area contributed by atoms with E-state index in [4.69, 9.17) is 0 Å². The van der Waals surface area contributed by atoms with Crippen LogP contribution >= 0.6 is 0 Å². The zero-order chi connectivity index (χ0) is 30.5. The molecule has 8 rings (SSSR count). The molecule has 2 heteroatoms. The third-order valence-electron chi connectivity index (χ3n) is 8.60. The first-order valence-corrected chi connectivity index (χ1v) is 18.2. The van der Waals surface area contributed by atoms with E-state index in [0.717, 1.165) is 12.8 Å². The molecule has 0 aromatic heterocycles. The summed E-state index contributed by atoms with van der Waals surface area (Å²) in [4.78, 5) is 0. The van der Waals surface area contributed by atoms with Crippen LogP contribution in [0.4, 0.5) is 0 Å². The average molecular weight is 675 g/mol. The van der Waals surface area contributed by atoms with Crippen molar-refractivity contribution in [2.45, 2.75) is 26.7 Å². The van der Waals surface area contributed by atoms with E-state index in [1.165, 1.54) is 76.5 Å². The van der Waals surface area contributed by atoms with E-state index < -0.39 is 0 Å². The number of hydrogen-bond donors (Lipinski definition) is 0. The minimum absolute atomic E-state index is 0. The molecular weight excluding hydrogens is 628 g/mol. The van der Waals surface area contributed by atoms with Gasteiger partial charge in [0.25, 0.3) is 0 Å². The second-order valence-electron chi connectivity index (χ2n) is 11.1. The van der Waals surface area contributed by atoms with Gasteiger partial charge in [-0.3, -0.25) is 0 Å². The molecule has 0 saturated heterocycles. The van der Waals surface area contributed by atoms with Gasteiger partial charge < -0.3 is 29.7 Å². The van der Waals surface area contributed by atoms with E-state index in [1.54, 1.807) is 19.2 Å². The standard InChI is InChI=1S/2C21H17.4CH3.Si.Ti/c2*1-2-15-13-17-9-6-12-20(21(17)14-15)19-11-5-8-16-7-3-4-10-18(16)19;;;;;;/h2*3-14H,2H2,1H3;4*1H3;;/q6*-1;;. The predicted octanol–water partition coefficient (Wildman–Crippen LogP) is 13.3. The summed E-state index contributed by atoms with van der Waals surface area (Å²) in [7, 11) is 2.97. The summed E-state index contributed by atoms with van der Waals surface area (Å²) in [6, 6.07) is 52.9.